The molecule has 0 aliphatic carbocycles. The first-order chi connectivity index (χ1) is 16.8. The standard InChI is InChI=1S/C23H31F3N4O7/c1-20(2,3)36-18(33)27-15-9-8-13(28-29-15)12-22(17(32)35-7)11-10-14(23(24,25)26)30(16(22)31)19(34)37-21(4,5)6/h8-9,14H,10-12H2,1-7H3,(H,27,29,33). The summed E-state index contributed by atoms with van der Waals surface area (Å²) in [6, 6.07) is 0.152. The number of anilines is 1. The van der Waals surface area contributed by atoms with E-state index < -0.39 is 72.2 Å². The highest BCUT2D eigenvalue weighted by Crippen LogP contribution is 2.43. The molecule has 206 valence electrons. The van der Waals surface area contributed by atoms with Gasteiger partial charge in [-0.1, -0.05) is 0 Å². The van der Waals surface area contributed by atoms with Crippen LogP contribution in [0, 0.1) is 5.41 Å². The number of methoxy groups -OCH3 is 1. The largest absolute Gasteiger partial charge is 0.468 e. The predicted molar refractivity (Wildman–Crippen MR) is 122 cm³/mol. The van der Waals surface area contributed by atoms with Gasteiger partial charge in [0.15, 0.2) is 11.2 Å². The first-order valence-electron chi connectivity index (χ1n) is 11.3. The van der Waals surface area contributed by atoms with Gasteiger partial charge in [-0.15, -0.1) is 5.10 Å². The molecule has 2 atom stereocenters. The SMILES string of the molecule is COC(=O)C1(Cc2ccc(NC(=O)OC(C)(C)C)nn2)CCC(C(F)(F)F)N(C(=O)OC(C)(C)C)C1=O. The number of aromatic nitrogens is 2. The van der Waals surface area contributed by atoms with Crippen LogP contribution in [0.2, 0.25) is 0 Å². The van der Waals surface area contributed by atoms with Crippen LogP contribution >= 0.6 is 0 Å². The van der Waals surface area contributed by atoms with Crippen LogP contribution < -0.4 is 5.32 Å². The first kappa shape index (κ1) is 29.8. The minimum Gasteiger partial charge on any atom is -0.468 e. The minimum absolute atomic E-state index is 0.00685. The molecule has 2 heterocycles. The number of carbonyl (C=O) groups is 4. The Morgan fingerprint density at radius 3 is 2.11 bits per heavy atom. The lowest BCUT2D eigenvalue weighted by atomic mass is 9.73. The maximum absolute atomic E-state index is 13.8. The van der Waals surface area contributed by atoms with E-state index in [1.54, 1.807) is 20.8 Å². The average molecular weight is 533 g/mol. The number of hydrogen-bond donors (Lipinski definition) is 1. The molecule has 14 heteroatoms. The molecule has 0 radical (unpaired) electrons. The van der Waals surface area contributed by atoms with Crippen molar-refractivity contribution in [3.63, 3.8) is 0 Å². The Kier molecular flexibility index (Phi) is 8.45. The summed E-state index contributed by atoms with van der Waals surface area (Å²) >= 11 is 0. The first-order valence-corrected chi connectivity index (χ1v) is 11.3. The van der Waals surface area contributed by atoms with E-state index in [4.69, 9.17) is 14.2 Å². The Morgan fingerprint density at radius 1 is 1.05 bits per heavy atom. The monoisotopic (exact) mass is 532 g/mol. The second-order valence-electron chi connectivity index (χ2n) is 10.5. The number of amides is 3. The molecule has 2 unspecified atom stereocenters. The number of likely N-dealkylation sites (tertiary alicyclic amines) is 1. The summed E-state index contributed by atoms with van der Waals surface area (Å²) in [7, 11) is 0.977. The normalized spacial score (nSPS) is 20.8. The Bertz CT molecular complexity index is 1030. The number of rotatable bonds is 4. The molecule has 2 rings (SSSR count). The second kappa shape index (κ2) is 10.5. The molecule has 0 saturated carbocycles. The van der Waals surface area contributed by atoms with E-state index in [0.717, 1.165) is 7.11 Å². The lowest BCUT2D eigenvalue weighted by Gasteiger charge is -2.43. The third kappa shape index (κ3) is 7.52. The molecule has 0 spiro atoms. The summed E-state index contributed by atoms with van der Waals surface area (Å²) in [5.74, 6) is -2.56. The van der Waals surface area contributed by atoms with E-state index in [-0.39, 0.29) is 16.4 Å². The number of nitrogens with zero attached hydrogens (tertiary/aromatic N) is 3. The lowest BCUT2D eigenvalue weighted by Crippen LogP contribution is -2.63. The molecule has 1 aliphatic heterocycles. The van der Waals surface area contributed by atoms with Gasteiger partial charge in [0, 0.05) is 6.42 Å². The maximum Gasteiger partial charge on any atom is 0.417 e. The van der Waals surface area contributed by atoms with Gasteiger partial charge in [-0.3, -0.25) is 14.9 Å². The highest BCUT2D eigenvalue weighted by molar-refractivity contribution is 6.08. The van der Waals surface area contributed by atoms with Gasteiger partial charge in [-0.05, 0) is 66.5 Å². The summed E-state index contributed by atoms with van der Waals surface area (Å²) in [6.07, 6.45) is -9.12. The van der Waals surface area contributed by atoms with Crippen LogP contribution in [0.4, 0.5) is 28.6 Å². The molecule has 1 aliphatic rings. The van der Waals surface area contributed by atoms with Crippen LogP contribution in [-0.4, -0.2) is 69.7 Å². The number of hydrogen-bond acceptors (Lipinski definition) is 9. The summed E-state index contributed by atoms with van der Waals surface area (Å²) in [4.78, 5) is 50.9. The van der Waals surface area contributed by atoms with Crippen molar-refractivity contribution in [2.75, 3.05) is 12.4 Å². The minimum atomic E-state index is -4.95. The van der Waals surface area contributed by atoms with Crippen LogP contribution in [0.1, 0.15) is 60.1 Å². The number of alkyl halides is 3. The lowest BCUT2D eigenvalue weighted by molar-refractivity contribution is -0.205. The summed E-state index contributed by atoms with van der Waals surface area (Å²) < 4.78 is 56.3. The Balaban J connectivity index is 2.39. The highest BCUT2D eigenvalue weighted by atomic mass is 19.4. The summed E-state index contributed by atoms with van der Waals surface area (Å²) in [5, 5.41) is 10.0. The summed E-state index contributed by atoms with van der Waals surface area (Å²) in [5.41, 5.74) is -4.13. The molecular weight excluding hydrogens is 501 g/mol. The van der Waals surface area contributed by atoms with Gasteiger partial charge < -0.3 is 14.2 Å². The van der Waals surface area contributed by atoms with Gasteiger partial charge in [0.25, 0.3) is 0 Å². The fraction of sp³-hybridized carbons (Fsp3) is 0.652. The van der Waals surface area contributed by atoms with Gasteiger partial charge in [0.1, 0.15) is 17.2 Å². The number of ether oxygens (including phenoxy) is 3. The number of halogens is 3. The van der Waals surface area contributed by atoms with Crippen LogP contribution in [-0.2, 0) is 30.2 Å². The van der Waals surface area contributed by atoms with Crippen molar-refractivity contribution in [2.45, 2.75) is 84.2 Å². The molecular formula is C23H31F3N4O7. The van der Waals surface area contributed by atoms with Crippen LogP contribution in [0.3, 0.4) is 0 Å². The second-order valence-corrected chi connectivity index (χ2v) is 10.5. The van der Waals surface area contributed by atoms with Crippen molar-refractivity contribution in [1.29, 1.82) is 0 Å². The average Bonchev–Trinajstić information content (AvgIpc) is 2.72. The molecule has 0 aromatic carbocycles. The fourth-order valence-electron chi connectivity index (χ4n) is 3.68. The van der Waals surface area contributed by atoms with E-state index in [9.17, 15) is 32.3 Å². The van der Waals surface area contributed by atoms with Gasteiger partial charge >= 0.3 is 24.3 Å². The van der Waals surface area contributed by atoms with Crippen molar-refractivity contribution in [3.05, 3.63) is 17.8 Å². The van der Waals surface area contributed by atoms with Gasteiger partial charge in [-0.2, -0.15) is 18.3 Å². The van der Waals surface area contributed by atoms with E-state index in [1.165, 1.54) is 32.9 Å². The molecule has 3 amide bonds. The number of piperidine rings is 1. The Morgan fingerprint density at radius 2 is 1.65 bits per heavy atom. The van der Waals surface area contributed by atoms with Crippen molar-refractivity contribution in [2.24, 2.45) is 5.41 Å². The molecule has 37 heavy (non-hydrogen) atoms. The third-order valence-corrected chi connectivity index (χ3v) is 5.16. The molecule has 1 aromatic heterocycles. The zero-order chi connectivity index (χ0) is 28.4. The van der Waals surface area contributed by atoms with Crippen molar-refractivity contribution >= 4 is 29.9 Å². The van der Waals surface area contributed by atoms with Gasteiger partial charge in [-0.25, -0.2) is 14.5 Å². The molecule has 0 bridgehead atoms. The van der Waals surface area contributed by atoms with Crippen LogP contribution in [0.15, 0.2) is 12.1 Å². The van der Waals surface area contributed by atoms with E-state index in [1.807, 2.05) is 0 Å². The molecule has 1 fully saturated rings. The van der Waals surface area contributed by atoms with Crippen molar-refractivity contribution in [1.82, 2.24) is 15.1 Å². The van der Waals surface area contributed by atoms with E-state index in [2.05, 4.69) is 15.5 Å². The van der Waals surface area contributed by atoms with Crippen LogP contribution in [0.25, 0.3) is 0 Å². The zero-order valence-electron chi connectivity index (χ0n) is 21.7. The number of nitrogens with one attached hydrogen (secondary N) is 1. The molecule has 1 saturated heterocycles. The molecule has 1 aromatic rings. The van der Waals surface area contributed by atoms with Crippen LogP contribution in [0.5, 0.6) is 0 Å². The predicted octanol–water partition coefficient (Wildman–Crippen LogP) is 4.01. The van der Waals surface area contributed by atoms with Crippen molar-refractivity contribution in [3.8, 4) is 0 Å². The summed E-state index contributed by atoms with van der Waals surface area (Å²) in [6.45, 7) is 9.28. The third-order valence-electron chi connectivity index (χ3n) is 5.16. The number of carbonyl (C=O) groups excluding carboxylic acids is 4. The smallest absolute Gasteiger partial charge is 0.417 e. The number of imide groups is 1. The topological polar surface area (TPSA) is 137 Å². The molecule has 11 nitrogen and oxygen atoms in total. The van der Waals surface area contributed by atoms with Gasteiger partial charge in [0.2, 0.25) is 5.91 Å². The van der Waals surface area contributed by atoms with Gasteiger partial charge in [0.05, 0.1) is 12.8 Å². The van der Waals surface area contributed by atoms with E-state index in [0.29, 0.717) is 0 Å². The Hall–Kier alpha value is -3.45. The van der Waals surface area contributed by atoms with E-state index >= 15 is 0 Å². The zero-order valence-corrected chi connectivity index (χ0v) is 21.7. The maximum atomic E-state index is 13.8. The number of esters is 1. The van der Waals surface area contributed by atoms with Crippen molar-refractivity contribution < 1.29 is 46.6 Å². The fourth-order valence-corrected chi connectivity index (χ4v) is 3.68. The highest BCUT2D eigenvalue weighted by Gasteiger charge is 2.61. The Labute approximate surface area is 212 Å². The quantitative estimate of drug-likeness (QED) is 0.346. The molecule has 1 N–H and O–H groups in total.